The SMILES string of the molecule is Cc1cccc(N2CCN(Cc3cccnc3C)CC2)c1. The van der Waals surface area contributed by atoms with Crippen molar-refractivity contribution >= 4 is 5.69 Å². The Morgan fingerprint density at radius 3 is 2.52 bits per heavy atom. The molecule has 1 aliphatic rings. The van der Waals surface area contributed by atoms with Gasteiger partial charge in [-0.1, -0.05) is 18.2 Å². The summed E-state index contributed by atoms with van der Waals surface area (Å²) >= 11 is 0. The van der Waals surface area contributed by atoms with Crippen molar-refractivity contribution in [3.63, 3.8) is 0 Å². The van der Waals surface area contributed by atoms with Gasteiger partial charge in [0.2, 0.25) is 0 Å². The number of hydrogen-bond acceptors (Lipinski definition) is 3. The molecule has 110 valence electrons. The predicted octanol–water partition coefficient (Wildman–Crippen LogP) is 3.02. The fourth-order valence-electron chi connectivity index (χ4n) is 2.91. The smallest absolute Gasteiger partial charge is 0.0417 e. The zero-order chi connectivity index (χ0) is 14.7. The monoisotopic (exact) mass is 281 g/mol. The van der Waals surface area contributed by atoms with Gasteiger partial charge in [-0.25, -0.2) is 0 Å². The molecule has 1 saturated heterocycles. The highest BCUT2D eigenvalue weighted by Gasteiger charge is 2.17. The summed E-state index contributed by atoms with van der Waals surface area (Å²) in [7, 11) is 0. The standard InChI is InChI=1S/C18H23N3/c1-15-5-3-7-18(13-15)21-11-9-20(10-12-21)14-17-6-4-8-19-16(17)2/h3-8,13H,9-12,14H2,1-2H3. The Kier molecular flexibility index (Phi) is 4.20. The lowest BCUT2D eigenvalue weighted by atomic mass is 10.1. The molecule has 2 heterocycles. The molecule has 0 N–H and O–H groups in total. The lowest BCUT2D eigenvalue weighted by Gasteiger charge is -2.36. The van der Waals surface area contributed by atoms with E-state index in [1.54, 1.807) is 0 Å². The molecule has 0 bridgehead atoms. The normalized spacial score (nSPS) is 16.2. The van der Waals surface area contributed by atoms with Crippen molar-refractivity contribution in [2.45, 2.75) is 20.4 Å². The third kappa shape index (κ3) is 3.42. The van der Waals surface area contributed by atoms with E-state index in [0.29, 0.717) is 0 Å². The van der Waals surface area contributed by atoms with E-state index in [9.17, 15) is 0 Å². The molecule has 0 saturated carbocycles. The van der Waals surface area contributed by atoms with E-state index in [0.717, 1.165) is 38.4 Å². The molecular weight excluding hydrogens is 258 g/mol. The summed E-state index contributed by atoms with van der Waals surface area (Å²) in [5.74, 6) is 0. The van der Waals surface area contributed by atoms with Crippen molar-refractivity contribution in [3.05, 3.63) is 59.4 Å². The second kappa shape index (κ2) is 6.27. The number of aromatic nitrogens is 1. The molecule has 21 heavy (non-hydrogen) atoms. The third-order valence-corrected chi connectivity index (χ3v) is 4.25. The number of benzene rings is 1. The molecule has 1 aliphatic heterocycles. The largest absolute Gasteiger partial charge is 0.369 e. The molecule has 3 rings (SSSR count). The van der Waals surface area contributed by atoms with Gasteiger partial charge in [0.05, 0.1) is 0 Å². The average molecular weight is 281 g/mol. The first-order chi connectivity index (χ1) is 10.2. The van der Waals surface area contributed by atoms with Crippen LogP contribution in [0.2, 0.25) is 0 Å². The van der Waals surface area contributed by atoms with Crippen LogP contribution in [0.25, 0.3) is 0 Å². The van der Waals surface area contributed by atoms with Gasteiger partial charge in [0.15, 0.2) is 0 Å². The number of pyridine rings is 1. The first kappa shape index (κ1) is 14.1. The first-order valence-electron chi connectivity index (χ1n) is 7.67. The molecule has 3 nitrogen and oxygen atoms in total. The topological polar surface area (TPSA) is 19.4 Å². The molecule has 0 radical (unpaired) electrons. The summed E-state index contributed by atoms with van der Waals surface area (Å²) < 4.78 is 0. The van der Waals surface area contributed by atoms with Gasteiger partial charge in [0, 0.05) is 50.3 Å². The van der Waals surface area contributed by atoms with Gasteiger partial charge in [0.25, 0.3) is 0 Å². The molecule has 1 fully saturated rings. The van der Waals surface area contributed by atoms with Crippen LogP contribution in [-0.2, 0) is 6.54 Å². The van der Waals surface area contributed by atoms with Crippen molar-refractivity contribution < 1.29 is 0 Å². The van der Waals surface area contributed by atoms with Crippen LogP contribution < -0.4 is 4.90 Å². The Morgan fingerprint density at radius 1 is 1.00 bits per heavy atom. The molecule has 0 aliphatic carbocycles. The Hall–Kier alpha value is -1.87. The van der Waals surface area contributed by atoms with E-state index >= 15 is 0 Å². The maximum atomic E-state index is 4.38. The van der Waals surface area contributed by atoms with Gasteiger partial charge in [-0.2, -0.15) is 0 Å². The summed E-state index contributed by atoms with van der Waals surface area (Å²) in [6.45, 7) is 9.70. The quantitative estimate of drug-likeness (QED) is 0.862. The van der Waals surface area contributed by atoms with E-state index in [-0.39, 0.29) is 0 Å². The number of rotatable bonds is 3. The zero-order valence-corrected chi connectivity index (χ0v) is 12.9. The van der Waals surface area contributed by atoms with Gasteiger partial charge in [-0.3, -0.25) is 9.88 Å². The van der Waals surface area contributed by atoms with Crippen LogP contribution in [0, 0.1) is 13.8 Å². The molecule has 0 atom stereocenters. The molecule has 3 heteroatoms. The predicted molar refractivity (Wildman–Crippen MR) is 87.6 cm³/mol. The van der Waals surface area contributed by atoms with Crippen LogP contribution in [0.1, 0.15) is 16.8 Å². The molecule has 0 spiro atoms. The second-order valence-corrected chi connectivity index (χ2v) is 5.85. The van der Waals surface area contributed by atoms with Gasteiger partial charge in [-0.05, 0) is 43.2 Å². The van der Waals surface area contributed by atoms with Crippen molar-refractivity contribution in [1.82, 2.24) is 9.88 Å². The van der Waals surface area contributed by atoms with Crippen LogP contribution in [0.3, 0.4) is 0 Å². The minimum atomic E-state index is 1.02. The fraction of sp³-hybridized carbons (Fsp3) is 0.389. The lowest BCUT2D eigenvalue weighted by Crippen LogP contribution is -2.46. The van der Waals surface area contributed by atoms with Crippen LogP contribution in [-0.4, -0.2) is 36.1 Å². The second-order valence-electron chi connectivity index (χ2n) is 5.85. The minimum absolute atomic E-state index is 1.02. The van der Waals surface area contributed by atoms with Gasteiger partial charge in [-0.15, -0.1) is 0 Å². The summed E-state index contributed by atoms with van der Waals surface area (Å²) in [6, 6.07) is 13.0. The Labute approximate surface area is 127 Å². The third-order valence-electron chi connectivity index (χ3n) is 4.25. The highest BCUT2D eigenvalue weighted by molar-refractivity contribution is 5.48. The Bertz CT molecular complexity index is 601. The highest BCUT2D eigenvalue weighted by atomic mass is 15.3. The van der Waals surface area contributed by atoms with Crippen molar-refractivity contribution in [2.24, 2.45) is 0 Å². The van der Waals surface area contributed by atoms with E-state index in [1.807, 2.05) is 12.3 Å². The van der Waals surface area contributed by atoms with Gasteiger partial charge in [0.1, 0.15) is 0 Å². The van der Waals surface area contributed by atoms with E-state index in [4.69, 9.17) is 0 Å². The van der Waals surface area contributed by atoms with E-state index < -0.39 is 0 Å². The Balaban J connectivity index is 1.59. The minimum Gasteiger partial charge on any atom is -0.369 e. The summed E-state index contributed by atoms with van der Waals surface area (Å²) in [5, 5.41) is 0. The fourth-order valence-corrected chi connectivity index (χ4v) is 2.91. The lowest BCUT2D eigenvalue weighted by molar-refractivity contribution is 0.249. The van der Waals surface area contributed by atoms with Gasteiger partial charge >= 0.3 is 0 Å². The summed E-state index contributed by atoms with van der Waals surface area (Å²) in [4.78, 5) is 9.39. The van der Waals surface area contributed by atoms with E-state index in [1.165, 1.54) is 16.8 Å². The Morgan fingerprint density at radius 2 is 1.81 bits per heavy atom. The average Bonchev–Trinajstić information content (AvgIpc) is 2.50. The maximum absolute atomic E-state index is 4.38. The number of piperazine rings is 1. The molecule has 1 aromatic carbocycles. The van der Waals surface area contributed by atoms with Crippen LogP contribution in [0.4, 0.5) is 5.69 Å². The molecular formula is C18H23N3. The number of nitrogens with zero attached hydrogens (tertiary/aromatic N) is 3. The van der Waals surface area contributed by atoms with Crippen LogP contribution in [0.15, 0.2) is 42.6 Å². The summed E-state index contributed by atoms with van der Waals surface area (Å²) in [5.41, 5.74) is 5.19. The molecule has 0 amide bonds. The van der Waals surface area contributed by atoms with Crippen molar-refractivity contribution in [1.29, 1.82) is 0 Å². The van der Waals surface area contributed by atoms with Crippen molar-refractivity contribution in [3.8, 4) is 0 Å². The van der Waals surface area contributed by atoms with Crippen LogP contribution >= 0.6 is 0 Å². The summed E-state index contributed by atoms with van der Waals surface area (Å²) in [6.07, 6.45) is 1.87. The van der Waals surface area contributed by atoms with Crippen LogP contribution in [0.5, 0.6) is 0 Å². The van der Waals surface area contributed by atoms with Crippen molar-refractivity contribution in [2.75, 3.05) is 31.1 Å². The highest BCUT2D eigenvalue weighted by Crippen LogP contribution is 2.18. The number of aryl methyl sites for hydroxylation is 2. The first-order valence-corrected chi connectivity index (χ1v) is 7.67. The zero-order valence-electron chi connectivity index (χ0n) is 12.9. The maximum Gasteiger partial charge on any atom is 0.0417 e. The van der Waals surface area contributed by atoms with E-state index in [2.05, 4.69) is 59.0 Å². The number of anilines is 1. The molecule has 2 aromatic rings. The molecule has 1 aromatic heterocycles. The molecule has 0 unspecified atom stereocenters. The number of hydrogen-bond donors (Lipinski definition) is 0. The van der Waals surface area contributed by atoms with Gasteiger partial charge < -0.3 is 4.90 Å².